The van der Waals surface area contributed by atoms with Gasteiger partial charge in [-0.15, -0.1) is 0 Å². The quantitative estimate of drug-likeness (QED) is 0.770. The second-order valence-corrected chi connectivity index (χ2v) is 5.33. The van der Waals surface area contributed by atoms with Gasteiger partial charge in [0.1, 0.15) is 0 Å². The first-order chi connectivity index (χ1) is 10.0. The van der Waals surface area contributed by atoms with Crippen LogP contribution < -0.4 is 10.6 Å². The maximum Gasteiger partial charge on any atom is 0.315 e. The first-order valence-corrected chi connectivity index (χ1v) is 7.34. The minimum absolute atomic E-state index is 0.000428. The topological polar surface area (TPSA) is 53.6 Å². The van der Waals surface area contributed by atoms with Crippen molar-refractivity contribution in [3.05, 3.63) is 35.4 Å². The largest absolute Gasteiger partial charge is 0.383 e. The smallest absolute Gasteiger partial charge is 0.315 e. The second-order valence-electron chi connectivity index (χ2n) is 5.33. The molecule has 2 N–H and O–H groups in total. The van der Waals surface area contributed by atoms with Crippen LogP contribution >= 0.6 is 0 Å². The highest BCUT2D eigenvalue weighted by Gasteiger charge is 2.06. The Morgan fingerprint density at radius 2 is 2.10 bits per heavy atom. The number of hydrogen-bond donors (Lipinski definition) is 2. The molecule has 1 aromatic rings. The van der Waals surface area contributed by atoms with E-state index in [2.05, 4.69) is 41.6 Å². The van der Waals surface area contributed by atoms with Gasteiger partial charge >= 0.3 is 6.03 Å². The van der Waals surface area contributed by atoms with Gasteiger partial charge in [0.05, 0.1) is 12.6 Å². The molecule has 0 saturated heterocycles. The lowest BCUT2D eigenvalue weighted by Crippen LogP contribution is -2.42. The number of ether oxygens (including phenoxy) is 1. The Morgan fingerprint density at radius 1 is 1.38 bits per heavy atom. The van der Waals surface area contributed by atoms with E-state index < -0.39 is 0 Å². The average Bonchev–Trinajstić information content (AvgIpc) is 2.45. The first kappa shape index (κ1) is 17.5. The van der Waals surface area contributed by atoms with Crippen molar-refractivity contribution >= 4 is 6.03 Å². The maximum atomic E-state index is 11.7. The van der Waals surface area contributed by atoms with Crippen LogP contribution in [0.5, 0.6) is 0 Å². The molecule has 0 radical (unpaired) electrons. The summed E-state index contributed by atoms with van der Waals surface area (Å²) in [6, 6.07) is 8.12. The summed E-state index contributed by atoms with van der Waals surface area (Å²) in [5.74, 6) is 0. The Morgan fingerprint density at radius 3 is 2.76 bits per heavy atom. The number of benzene rings is 1. The van der Waals surface area contributed by atoms with Crippen molar-refractivity contribution in [2.24, 2.45) is 0 Å². The van der Waals surface area contributed by atoms with Gasteiger partial charge < -0.3 is 20.3 Å². The molecule has 21 heavy (non-hydrogen) atoms. The van der Waals surface area contributed by atoms with Crippen LogP contribution in [0.15, 0.2) is 24.3 Å². The fourth-order valence-corrected chi connectivity index (χ4v) is 2.01. The van der Waals surface area contributed by atoms with E-state index in [1.54, 1.807) is 7.11 Å². The summed E-state index contributed by atoms with van der Waals surface area (Å²) < 4.78 is 4.98. The van der Waals surface area contributed by atoms with E-state index in [1.807, 2.05) is 19.1 Å². The fraction of sp³-hybridized carbons (Fsp3) is 0.562. The lowest BCUT2D eigenvalue weighted by molar-refractivity contribution is 0.171. The van der Waals surface area contributed by atoms with Gasteiger partial charge in [0, 0.05) is 20.2 Å². The number of methoxy groups -OCH3 is 1. The molecule has 0 aliphatic heterocycles. The predicted molar refractivity (Wildman–Crippen MR) is 85.2 cm³/mol. The lowest BCUT2D eigenvalue weighted by Gasteiger charge is -2.15. The van der Waals surface area contributed by atoms with Crippen LogP contribution in [0.25, 0.3) is 0 Å². The Labute approximate surface area is 127 Å². The van der Waals surface area contributed by atoms with Crippen LogP contribution in [0.4, 0.5) is 4.79 Å². The number of rotatable bonds is 8. The summed E-state index contributed by atoms with van der Waals surface area (Å²) in [5, 5.41) is 5.69. The molecular formula is C16H27N3O2. The molecule has 2 amide bonds. The van der Waals surface area contributed by atoms with Gasteiger partial charge in [-0.25, -0.2) is 4.79 Å². The monoisotopic (exact) mass is 293 g/mol. The fourth-order valence-electron chi connectivity index (χ4n) is 2.01. The zero-order chi connectivity index (χ0) is 15.7. The molecule has 0 heterocycles. The van der Waals surface area contributed by atoms with Crippen LogP contribution in [-0.4, -0.2) is 44.3 Å². The van der Waals surface area contributed by atoms with Crippen molar-refractivity contribution in [3.8, 4) is 0 Å². The number of hydrogen-bond acceptors (Lipinski definition) is 3. The average molecular weight is 293 g/mol. The predicted octanol–water partition coefficient (Wildman–Crippen LogP) is 1.97. The van der Waals surface area contributed by atoms with Crippen molar-refractivity contribution in [2.45, 2.75) is 33.0 Å². The maximum absolute atomic E-state index is 11.7. The normalized spacial score (nSPS) is 12.2. The molecule has 118 valence electrons. The zero-order valence-corrected chi connectivity index (χ0v) is 13.5. The molecule has 0 aliphatic rings. The highest BCUT2D eigenvalue weighted by molar-refractivity contribution is 5.74. The van der Waals surface area contributed by atoms with Gasteiger partial charge in [-0.2, -0.15) is 0 Å². The third-order valence-electron chi connectivity index (χ3n) is 3.23. The van der Waals surface area contributed by atoms with Gasteiger partial charge in [-0.3, -0.25) is 0 Å². The van der Waals surface area contributed by atoms with Gasteiger partial charge in [0.2, 0.25) is 0 Å². The zero-order valence-electron chi connectivity index (χ0n) is 13.5. The third-order valence-corrected chi connectivity index (χ3v) is 3.23. The van der Waals surface area contributed by atoms with Crippen molar-refractivity contribution in [1.82, 2.24) is 15.5 Å². The van der Waals surface area contributed by atoms with Crippen molar-refractivity contribution in [1.29, 1.82) is 0 Å². The Bertz CT molecular complexity index is 437. The molecule has 1 aromatic carbocycles. The SMILES string of the molecule is CCN(C)Cc1cccc(CNC(=O)N[C@H](C)COC)c1. The van der Waals surface area contributed by atoms with Crippen LogP contribution in [0.2, 0.25) is 0 Å². The molecule has 0 unspecified atom stereocenters. The molecule has 0 saturated carbocycles. The van der Waals surface area contributed by atoms with E-state index in [4.69, 9.17) is 4.74 Å². The molecule has 5 nitrogen and oxygen atoms in total. The van der Waals surface area contributed by atoms with E-state index in [-0.39, 0.29) is 12.1 Å². The molecule has 0 spiro atoms. The molecule has 5 heteroatoms. The van der Waals surface area contributed by atoms with Crippen molar-refractivity contribution in [3.63, 3.8) is 0 Å². The Balaban J connectivity index is 2.44. The highest BCUT2D eigenvalue weighted by Crippen LogP contribution is 2.07. The molecular weight excluding hydrogens is 266 g/mol. The number of amides is 2. The van der Waals surface area contributed by atoms with Gasteiger partial charge in [0.15, 0.2) is 0 Å². The number of nitrogens with zero attached hydrogens (tertiary/aromatic N) is 1. The van der Waals surface area contributed by atoms with E-state index in [1.165, 1.54) is 5.56 Å². The lowest BCUT2D eigenvalue weighted by atomic mass is 10.1. The minimum atomic E-state index is -0.171. The third kappa shape index (κ3) is 7.11. The molecule has 1 atom stereocenters. The molecule has 0 fully saturated rings. The van der Waals surface area contributed by atoms with Gasteiger partial charge in [0.25, 0.3) is 0 Å². The van der Waals surface area contributed by atoms with Crippen molar-refractivity contribution < 1.29 is 9.53 Å². The van der Waals surface area contributed by atoms with E-state index in [0.717, 1.165) is 18.7 Å². The number of urea groups is 1. The minimum Gasteiger partial charge on any atom is -0.383 e. The van der Waals surface area contributed by atoms with E-state index in [0.29, 0.717) is 13.2 Å². The van der Waals surface area contributed by atoms with Crippen LogP contribution in [0.1, 0.15) is 25.0 Å². The summed E-state index contributed by atoms with van der Waals surface area (Å²) in [4.78, 5) is 14.0. The van der Waals surface area contributed by atoms with Crippen LogP contribution in [-0.2, 0) is 17.8 Å². The van der Waals surface area contributed by atoms with Gasteiger partial charge in [-0.1, -0.05) is 31.2 Å². The summed E-state index contributed by atoms with van der Waals surface area (Å²) in [6.07, 6.45) is 0. The summed E-state index contributed by atoms with van der Waals surface area (Å²) >= 11 is 0. The standard InChI is InChI=1S/C16H27N3O2/c1-5-19(3)11-15-8-6-7-14(9-15)10-17-16(20)18-13(2)12-21-4/h6-9,13H,5,10-12H2,1-4H3,(H2,17,18,20)/t13-/m1/s1. The van der Waals surface area contributed by atoms with E-state index in [9.17, 15) is 4.79 Å². The van der Waals surface area contributed by atoms with Gasteiger partial charge in [-0.05, 0) is 31.6 Å². The summed E-state index contributed by atoms with van der Waals surface area (Å²) in [7, 11) is 3.71. The van der Waals surface area contributed by atoms with Crippen LogP contribution in [0.3, 0.4) is 0 Å². The molecule has 0 aliphatic carbocycles. The second kappa shape index (κ2) is 9.37. The summed E-state index contributed by atoms with van der Waals surface area (Å²) in [6.45, 7) is 7.01. The molecule has 0 aromatic heterocycles. The number of nitrogens with one attached hydrogen (secondary N) is 2. The Hall–Kier alpha value is -1.59. The van der Waals surface area contributed by atoms with E-state index >= 15 is 0 Å². The Kier molecular flexibility index (Phi) is 7.79. The summed E-state index contributed by atoms with van der Waals surface area (Å²) in [5.41, 5.74) is 2.36. The van der Waals surface area contributed by atoms with Crippen LogP contribution in [0, 0.1) is 0 Å². The number of carbonyl (C=O) groups is 1. The molecule has 0 bridgehead atoms. The highest BCUT2D eigenvalue weighted by atomic mass is 16.5. The first-order valence-electron chi connectivity index (χ1n) is 7.34. The number of carbonyl (C=O) groups excluding carboxylic acids is 1. The van der Waals surface area contributed by atoms with Crippen molar-refractivity contribution in [2.75, 3.05) is 27.3 Å². The molecule has 1 rings (SSSR count).